The standard InChI is InChI=1S/C23H29FN4O2/c1-16-11-17(2)23(18(3)12-16)26-22(30)15-28-9-7-27(8-10-28)14-21(29)25-20-6-4-5-19(24)13-20/h4-6,11-13H,7-10,14-15H2,1-3H3,(H,25,29)(H,26,30). The van der Waals surface area contributed by atoms with E-state index in [4.69, 9.17) is 0 Å². The van der Waals surface area contributed by atoms with Crippen molar-refractivity contribution in [3.05, 3.63) is 58.9 Å². The second-order valence-electron chi connectivity index (χ2n) is 7.93. The largest absolute Gasteiger partial charge is 0.325 e. The molecule has 1 fully saturated rings. The molecule has 1 aliphatic heterocycles. The fourth-order valence-corrected chi connectivity index (χ4v) is 3.83. The van der Waals surface area contributed by atoms with Gasteiger partial charge in [0.15, 0.2) is 0 Å². The van der Waals surface area contributed by atoms with Gasteiger partial charge in [-0.15, -0.1) is 0 Å². The monoisotopic (exact) mass is 412 g/mol. The van der Waals surface area contributed by atoms with Crippen molar-refractivity contribution < 1.29 is 14.0 Å². The molecule has 0 spiro atoms. The maximum atomic E-state index is 13.2. The molecule has 1 heterocycles. The average molecular weight is 413 g/mol. The van der Waals surface area contributed by atoms with E-state index < -0.39 is 0 Å². The topological polar surface area (TPSA) is 64.7 Å². The first kappa shape index (κ1) is 21.9. The van der Waals surface area contributed by atoms with Crippen LogP contribution in [0.3, 0.4) is 0 Å². The Morgan fingerprint density at radius 3 is 1.93 bits per heavy atom. The summed E-state index contributed by atoms with van der Waals surface area (Å²) in [6, 6.07) is 9.99. The number of nitrogens with zero attached hydrogens (tertiary/aromatic N) is 2. The number of halogens is 1. The Kier molecular flexibility index (Phi) is 7.18. The van der Waals surface area contributed by atoms with Gasteiger partial charge in [-0.2, -0.15) is 0 Å². The van der Waals surface area contributed by atoms with Crippen molar-refractivity contribution >= 4 is 23.2 Å². The Hall–Kier alpha value is -2.77. The number of hydrogen-bond donors (Lipinski definition) is 2. The normalized spacial score (nSPS) is 15.1. The van der Waals surface area contributed by atoms with Crippen LogP contribution >= 0.6 is 0 Å². The number of anilines is 2. The van der Waals surface area contributed by atoms with Gasteiger partial charge in [0, 0.05) is 37.6 Å². The van der Waals surface area contributed by atoms with Gasteiger partial charge in [0.2, 0.25) is 11.8 Å². The molecule has 0 aliphatic carbocycles. The van der Waals surface area contributed by atoms with Gasteiger partial charge in [-0.05, 0) is 50.1 Å². The number of carbonyl (C=O) groups is 2. The molecule has 0 bridgehead atoms. The molecule has 30 heavy (non-hydrogen) atoms. The molecule has 0 saturated carbocycles. The zero-order valence-corrected chi connectivity index (χ0v) is 17.8. The van der Waals surface area contributed by atoms with E-state index in [0.717, 1.165) is 16.8 Å². The Bertz CT molecular complexity index is 900. The molecule has 1 saturated heterocycles. The van der Waals surface area contributed by atoms with Gasteiger partial charge in [-0.3, -0.25) is 19.4 Å². The van der Waals surface area contributed by atoms with Crippen molar-refractivity contribution in [2.75, 3.05) is 49.9 Å². The van der Waals surface area contributed by atoms with Gasteiger partial charge in [0.1, 0.15) is 5.82 Å². The highest BCUT2D eigenvalue weighted by atomic mass is 19.1. The van der Waals surface area contributed by atoms with Gasteiger partial charge in [0.05, 0.1) is 13.1 Å². The van der Waals surface area contributed by atoms with Crippen molar-refractivity contribution in [3.63, 3.8) is 0 Å². The van der Waals surface area contributed by atoms with Crippen molar-refractivity contribution in [3.8, 4) is 0 Å². The molecule has 160 valence electrons. The molecule has 2 aromatic carbocycles. The van der Waals surface area contributed by atoms with Gasteiger partial charge in [0.25, 0.3) is 0 Å². The van der Waals surface area contributed by atoms with Crippen LogP contribution in [-0.2, 0) is 9.59 Å². The molecule has 0 unspecified atom stereocenters. The summed E-state index contributed by atoms with van der Waals surface area (Å²) in [6.45, 7) is 9.46. The van der Waals surface area contributed by atoms with Gasteiger partial charge in [-0.1, -0.05) is 23.8 Å². The SMILES string of the molecule is Cc1cc(C)c(NC(=O)CN2CCN(CC(=O)Nc3cccc(F)c3)CC2)c(C)c1. The van der Waals surface area contributed by atoms with E-state index >= 15 is 0 Å². The number of aryl methyl sites for hydroxylation is 3. The third-order valence-corrected chi connectivity index (χ3v) is 5.25. The van der Waals surface area contributed by atoms with Crippen LogP contribution < -0.4 is 10.6 Å². The van der Waals surface area contributed by atoms with E-state index in [1.807, 2.05) is 25.7 Å². The summed E-state index contributed by atoms with van der Waals surface area (Å²) in [5.74, 6) is -0.574. The van der Waals surface area contributed by atoms with Gasteiger partial charge in [-0.25, -0.2) is 4.39 Å². The zero-order valence-electron chi connectivity index (χ0n) is 17.8. The lowest BCUT2D eigenvalue weighted by Crippen LogP contribution is -2.50. The molecular formula is C23H29FN4O2. The van der Waals surface area contributed by atoms with Gasteiger partial charge < -0.3 is 10.6 Å². The second-order valence-corrected chi connectivity index (χ2v) is 7.93. The van der Waals surface area contributed by atoms with E-state index in [2.05, 4.69) is 27.7 Å². The van der Waals surface area contributed by atoms with Crippen molar-refractivity contribution in [1.29, 1.82) is 0 Å². The summed E-state index contributed by atoms with van der Waals surface area (Å²) in [5.41, 5.74) is 4.65. The maximum Gasteiger partial charge on any atom is 0.238 e. The van der Waals surface area contributed by atoms with E-state index in [1.54, 1.807) is 12.1 Å². The highest BCUT2D eigenvalue weighted by molar-refractivity contribution is 5.94. The minimum absolute atomic E-state index is 0.0256. The van der Waals surface area contributed by atoms with E-state index in [0.29, 0.717) is 38.4 Å². The fourth-order valence-electron chi connectivity index (χ4n) is 3.83. The average Bonchev–Trinajstić information content (AvgIpc) is 2.66. The van der Waals surface area contributed by atoms with E-state index in [-0.39, 0.29) is 24.2 Å². The maximum absolute atomic E-state index is 13.2. The van der Waals surface area contributed by atoms with Crippen LogP contribution in [0.15, 0.2) is 36.4 Å². The lowest BCUT2D eigenvalue weighted by molar-refractivity contribution is -0.120. The number of hydrogen-bond acceptors (Lipinski definition) is 4. The van der Waals surface area contributed by atoms with Crippen LogP contribution in [0.5, 0.6) is 0 Å². The van der Waals surface area contributed by atoms with E-state index in [1.165, 1.54) is 17.7 Å². The molecule has 0 radical (unpaired) electrons. The molecule has 7 heteroatoms. The first-order valence-electron chi connectivity index (χ1n) is 10.2. The minimum atomic E-state index is -0.379. The number of piperazine rings is 1. The first-order valence-corrected chi connectivity index (χ1v) is 10.2. The van der Waals surface area contributed by atoms with Crippen LogP contribution in [0.2, 0.25) is 0 Å². The molecule has 0 atom stereocenters. The quantitative estimate of drug-likeness (QED) is 0.766. The lowest BCUT2D eigenvalue weighted by atomic mass is 10.1. The first-order chi connectivity index (χ1) is 14.3. The highest BCUT2D eigenvalue weighted by Gasteiger charge is 2.21. The number of carbonyl (C=O) groups excluding carboxylic acids is 2. The third kappa shape index (κ3) is 6.11. The van der Waals surface area contributed by atoms with Crippen LogP contribution in [0.25, 0.3) is 0 Å². The number of benzene rings is 2. The minimum Gasteiger partial charge on any atom is -0.325 e. The molecule has 0 aromatic heterocycles. The Morgan fingerprint density at radius 2 is 1.40 bits per heavy atom. The summed E-state index contributed by atoms with van der Waals surface area (Å²) < 4.78 is 13.2. The fraction of sp³-hybridized carbons (Fsp3) is 0.391. The molecule has 2 amide bonds. The zero-order chi connectivity index (χ0) is 21.7. The predicted molar refractivity (Wildman–Crippen MR) is 117 cm³/mol. The van der Waals surface area contributed by atoms with Crippen molar-refractivity contribution in [2.24, 2.45) is 0 Å². The van der Waals surface area contributed by atoms with Crippen LogP contribution in [0.1, 0.15) is 16.7 Å². The Labute approximate surface area is 177 Å². The molecular weight excluding hydrogens is 383 g/mol. The smallest absolute Gasteiger partial charge is 0.238 e. The molecule has 2 N–H and O–H groups in total. The molecule has 2 aromatic rings. The number of nitrogens with one attached hydrogen (secondary N) is 2. The number of amides is 2. The Morgan fingerprint density at radius 1 is 0.867 bits per heavy atom. The van der Waals surface area contributed by atoms with Crippen molar-refractivity contribution in [1.82, 2.24) is 9.80 Å². The predicted octanol–water partition coefficient (Wildman–Crippen LogP) is 2.95. The van der Waals surface area contributed by atoms with Gasteiger partial charge >= 0.3 is 0 Å². The summed E-state index contributed by atoms with van der Waals surface area (Å²) in [4.78, 5) is 28.8. The molecule has 3 rings (SSSR count). The summed E-state index contributed by atoms with van der Waals surface area (Å²) in [7, 11) is 0. The van der Waals surface area contributed by atoms with Crippen molar-refractivity contribution in [2.45, 2.75) is 20.8 Å². The highest BCUT2D eigenvalue weighted by Crippen LogP contribution is 2.22. The summed E-state index contributed by atoms with van der Waals surface area (Å²) in [5, 5.41) is 5.76. The van der Waals surface area contributed by atoms with E-state index in [9.17, 15) is 14.0 Å². The summed E-state index contributed by atoms with van der Waals surface area (Å²) >= 11 is 0. The molecule has 6 nitrogen and oxygen atoms in total. The Balaban J connectivity index is 1.43. The van der Waals surface area contributed by atoms with Crippen LogP contribution in [0, 0.1) is 26.6 Å². The second kappa shape index (κ2) is 9.82. The molecule has 1 aliphatic rings. The van der Waals surface area contributed by atoms with Crippen LogP contribution in [-0.4, -0.2) is 60.9 Å². The third-order valence-electron chi connectivity index (χ3n) is 5.25. The lowest BCUT2D eigenvalue weighted by Gasteiger charge is -2.33. The van der Waals surface area contributed by atoms with Crippen LogP contribution in [0.4, 0.5) is 15.8 Å². The number of rotatable bonds is 6. The summed E-state index contributed by atoms with van der Waals surface area (Å²) in [6.07, 6.45) is 0.